The fourth-order valence-corrected chi connectivity index (χ4v) is 1.06. The van der Waals surface area contributed by atoms with Gasteiger partial charge in [0.2, 0.25) is 0 Å². The lowest BCUT2D eigenvalue weighted by molar-refractivity contribution is 0.318. The second kappa shape index (κ2) is 3.80. The van der Waals surface area contributed by atoms with Gasteiger partial charge in [-0.3, -0.25) is 0 Å². The summed E-state index contributed by atoms with van der Waals surface area (Å²) in [4.78, 5) is 0. The Balaban J connectivity index is 3.19. The summed E-state index contributed by atoms with van der Waals surface area (Å²) < 4.78 is 0. The number of amidine groups is 1. The first-order valence-corrected chi connectivity index (χ1v) is 3.98. The summed E-state index contributed by atoms with van der Waals surface area (Å²) in [6.45, 7) is 1.99. The van der Waals surface area contributed by atoms with Crippen molar-refractivity contribution in [2.75, 3.05) is 0 Å². The van der Waals surface area contributed by atoms with Gasteiger partial charge in [-0.15, -0.1) is 0 Å². The predicted octanol–water partition coefficient (Wildman–Crippen LogP) is 1.05. The summed E-state index contributed by atoms with van der Waals surface area (Å²) in [5, 5.41) is 20.6. The highest BCUT2D eigenvalue weighted by Crippen LogP contribution is 2.18. The lowest BCUT2D eigenvalue weighted by atomic mass is 10.1. The van der Waals surface area contributed by atoms with Crippen LogP contribution in [-0.4, -0.2) is 16.1 Å². The second-order valence-electron chi connectivity index (χ2n) is 2.69. The molecule has 70 valence electrons. The summed E-state index contributed by atoms with van der Waals surface area (Å²) in [6.07, 6.45) is 0.839. The van der Waals surface area contributed by atoms with Crippen molar-refractivity contribution in [2.45, 2.75) is 13.3 Å². The Kier molecular flexibility index (Phi) is 2.74. The minimum Gasteiger partial charge on any atom is -0.507 e. The molecule has 0 saturated carbocycles. The number of nitrogens with two attached hydrogens (primary N) is 1. The monoisotopic (exact) mass is 180 g/mol. The zero-order chi connectivity index (χ0) is 9.84. The summed E-state index contributed by atoms with van der Waals surface area (Å²) in [5.74, 6) is -0.0553. The first-order valence-electron chi connectivity index (χ1n) is 3.98. The summed E-state index contributed by atoms with van der Waals surface area (Å²) in [6, 6.07) is 5.03. The number of rotatable bonds is 2. The number of phenolic OH excluding ortho intramolecular Hbond substituents is 1. The molecule has 0 spiro atoms. The Morgan fingerprint density at radius 3 is 2.77 bits per heavy atom. The van der Waals surface area contributed by atoms with Crippen LogP contribution in [0.15, 0.2) is 23.4 Å². The van der Waals surface area contributed by atoms with Gasteiger partial charge in [0.1, 0.15) is 5.75 Å². The molecule has 4 nitrogen and oxygen atoms in total. The number of oxime groups is 1. The highest BCUT2D eigenvalue weighted by molar-refractivity contribution is 5.99. The maximum Gasteiger partial charge on any atom is 0.173 e. The average molecular weight is 180 g/mol. The van der Waals surface area contributed by atoms with Crippen LogP contribution in [0.4, 0.5) is 0 Å². The van der Waals surface area contributed by atoms with Gasteiger partial charge in [-0.2, -0.15) is 0 Å². The van der Waals surface area contributed by atoms with Gasteiger partial charge in [-0.1, -0.05) is 18.1 Å². The normalized spacial score (nSPS) is 11.6. The zero-order valence-corrected chi connectivity index (χ0v) is 7.36. The van der Waals surface area contributed by atoms with Crippen LogP contribution in [-0.2, 0) is 6.42 Å². The van der Waals surface area contributed by atoms with Gasteiger partial charge in [0, 0.05) is 0 Å². The standard InChI is InChI=1S/C9H12N2O2/c1-2-6-3-4-8(12)7(5-6)9(10)11-13/h3-5,12-13H,2H2,1H3,(H2,10,11). The Labute approximate surface area is 76.3 Å². The van der Waals surface area contributed by atoms with Crippen LogP contribution in [0.25, 0.3) is 0 Å². The second-order valence-corrected chi connectivity index (χ2v) is 2.69. The van der Waals surface area contributed by atoms with E-state index < -0.39 is 0 Å². The maximum atomic E-state index is 9.36. The van der Waals surface area contributed by atoms with E-state index in [-0.39, 0.29) is 11.6 Å². The first-order chi connectivity index (χ1) is 6.19. The molecular formula is C9H12N2O2. The molecule has 0 fully saturated rings. The van der Waals surface area contributed by atoms with E-state index in [0.29, 0.717) is 5.56 Å². The van der Waals surface area contributed by atoms with E-state index in [9.17, 15) is 5.11 Å². The van der Waals surface area contributed by atoms with Gasteiger partial charge in [0.25, 0.3) is 0 Å². The first kappa shape index (κ1) is 9.38. The van der Waals surface area contributed by atoms with Gasteiger partial charge < -0.3 is 16.0 Å². The van der Waals surface area contributed by atoms with E-state index >= 15 is 0 Å². The maximum absolute atomic E-state index is 9.36. The molecular weight excluding hydrogens is 168 g/mol. The van der Waals surface area contributed by atoms with Gasteiger partial charge in [-0.25, -0.2) is 0 Å². The third-order valence-corrected chi connectivity index (χ3v) is 1.85. The molecule has 0 amide bonds. The molecule has 0 aliphatic heterocycles. The Morgan fingerprint density at radius 1 is 1.54 bits per heavy atom. The SMILES string of the molecule is CCc1ccc(O)c(/C(N)=N\O)c1. The van der Waals surface area contributed by atoms with Gasteiger partial charge in [-0.05, 0) is 24.1 Å². The molecule has 4 N–H and O–H groups in total. The van der Waals surface area contributed by atoms with E-state index in [2.05, 4.69) is 5.16 Å². The predicted molar refractivity (Wildman–Crippen MR) is 50.0 cm³/mol. The Morgan fingerprint density at radius 2 is 2.23 bits per heavy atom. The van der Waals surface area contributed by atoms with Crippen LogP contribution in [0.1, 0.15) is 18.1 Å². The summed E-state index contributed by atoms with van der Waals surface area (Å²) >= 11 is 0. The number of phenols is 1. The third kappa shape index (κ3) is 1.90. The van der Waals surface area contributed by atoms with Crippen LogP contribution in [0.3, 0.4) is 0 Å². The summed E-state index contributed by atoms with van der Waals surface area (Å²) in [5.41, 5.74) is 6.75. The average Bonchev–Trinajstić information content (AvgIpc) is 2.17. The Bertz CT molecular complexity index is 334. The number of hydrogen-bond donors (Lipinski definition) is 3. The molecule has 0 aromatic heterocycles. The van der Waals surface area contributed by atoms with Crippen molar-refractivity contribution in [1.29, 1.82) is 0 Å². The van der Waals surface area contributed by atoms with Crippen molar-refractivity contribution in [3.05, 3.63) is 29.3 Å². The van der Waals surface area contributed by atoms with Crippen molar-refractivity contribution in [3.63, 3.8) is 0 Å². The minimum absolute atomic E-state index is 0.0208. The molecule has 1 rings (SSSR count). The summed E-state index contributed by atoms with van der Waals surface area (Å²) in [7, 11) is 0. The van der Waals surface area contributed by atoms with Gasteiger partial charge in [0.05, 0.1) is 5.56 Å². The van der Waals surface area contributed by atoms with Gasteiger partial charge >= 0.3 is 0 Å². The van der Waals surface area contributed by atoms with E-state index in [1.165, 1.54) is 6.07 Å². The smallest absolute Gasteiger partial charge is 0.173 e. The molecule has 0 bridgehead atoms. The number of hydrogen-bond acceptors (Lipinski definition) is 3. The molecule has 4 heteroatoms. The van der Waals surface area contributed by atoms with Crippen LogP contribution in [0.5, 0.6) is 5.75 Å². The molecule has 0 radical (unpaired) electrons. The molecule has 0 atom stereocenters. The highest BCUT2D eigenvalue weighted by Gasteiger charge is 2.06. The van der Waals surface area contributed by atoms with E-state index in [1.807, 2.05) is 6.92 Å². The molecule has 1 aromatic rings. The van der Waals surface area contributed by atoms with Crippen molar-refractivity contribution in [2.24, 2.45) is 10.9 Å². The fraction of sp³-hybridized carbons (Fsp3) is 0.222. The van der Waals surface area contributed by atoms with Crippen LogP contribution in [0, 0.1) is 0 Å². The molecule has 13 heavy (non-hydrogen) atoms. The minimum atomic E-state index is -0.0761. The lowest BCUT2D eigenvalue weighted by Gasteiger charge is -2.04. The van der Waals surface area contributed by atoms with Gasteiger partial charge in [0.15, 0.2) is 5.84 Å². The topological polar surface area (TPSA) is 78.8 Å². The molecule has 1 aromatic carbocycles. The number of nitrogens with zero attached hydrogens (tertiary/aromatic N) is 1. The Hall–Kier alpha value is -1.71. The molecule has 0 aliphatic rings. The zero-order valence-electron chi connectivity index (χ0n) is 7.36. The fourth-order valence-electron chi connectivity index (χ4n) is 1.06. The van der Waals surface area contributed by atoms with Crippen molar-refractivity contribution in [3.8, 4) is 5.75 Å². The molecule has 0 saturated heterocycles. The van der Waals surface area contributed by atoms with Crippen molar-refractivity contribution >= 4 is 5.84 Å². The third-order valence-electron chi connectivity index (χ3n) is 1.85. The van der Waals surface area contributed by atoms with Crippen LogP contribution >= 0.6 is 0 Å². The van der Waals surface area contributed by atoms with Crippen molar-refractivity contribution in [1.82, 2.24) is 0 Å². The number of aryl methyl sites for hydroxylation is 1. The molecule has 0 heterocycles. The van der Waals surface area contributed by atoms with Crippen LogP contribution in [0.2, 0.25) is 0 Å². The lowest BCUT2D eigenvalue weighted by Crippen LogP contribution is -2.13. The van der Waals surface area contributed by atoms with Crippen molar-refractivity contribution < 1.29 is 10.3 Å². The number of aromatic hydroxyl groups is 1. The van der Waals surface area contributed by atoms with E-state index in [1.54, 1.807) is 12.1 Å². The number of benzene rings is 1. The molecule has 0 unspecified atom stereocenters. The quantitative estimate of drug-likeness (QED) is 0.275. The highest BCUT2D eigenvalue weighted by atomic mass is 16.4. The largest absolute Gasteiger partial charge is 0.507 e. The molecule has 0 aliphatic carbocycles. The van der Waals surface area contributed by atoms with Crippen LogP contribution < -0.4 is 5.73 Å². The van der Waals surface area contributed by atoms with E-state index in [4.69, 9.17) is 10.9 Å². The van der Waals surface area contributed by atoms with E-state index in [0.717, 1.165) is 12.0 Å².